The van der Waals surface area contributed by atoms with Crippen LogP contribution < -0.4 is 0 Å². The number of aryl methyl sites for hydroxylation is 1. The van der Waals surface area contributed by atoms with Crippen LogP contribution in [0.15, 0.2) is 24.3 Å². The molecule has 0 saturated carbocycles. The molecule has 122 valence electrons. The first-order chi connectivity index (χ1) is 10.5. The van der Waals surface area contributed by atoms with E-state index in [9.17, 15) is 4.79 Å². The maximum absolute atomic E-state index is 12.0. The normalized spacial score (nSPS) is 20.2. The second-order valence-corrected chi connectivity index (χ2v) is 6.90. The fourth-order valence-electron chi connectivity index (χ4n) is 2.43. The summed E-state index contributed by atoms with van der Waals surface area (Å²) < 4.78 is 10.7. The Hall–Kier alpha value is -1.06. The second-order valence-electron chi connectivity index (χ2n) is 6.47. The van der Waals surface area contributed by atoms with E-state index < -0.39 is 5.60 Å². The number of unbranched alkanes of at least 4 members (excludes halogenated alkanes) is 2. The van der Waals surface area contributed by atoms with Crippen LogP contribution in [0.5, 0.6) is 0 Å². The van der Waals surface area contributed by atoms with E-state index in [1.54, 1.807) is 0 Å². The van der Waals surface area contributed by atoms with Crippen molar-refractivity contribution in [3.05, 3.63) is 34.9 Å². The monoisotopic (exact) mass is 324 g/mol. The van der Waals surface area contributed by atoms with Crippen molar-refractivity contribution in [3.8, 4) is 0 Å². The summed E-state index contributed by atoms with van der Waals surface area (Å²) in [5.41, 5.74) is 0.631. The number of carbonyl (C=O) groups excluding carboxylic acids is 1. The Bertz CT molecular complexity index is 495. The summed E-state index contributed by atoms with van der Waals surface area (Å²) in [5, 5.41) is 0.788. The van der Waals surface area contributed by atoms with Gasteiger partial charge >= 0.3 is 5.97 Å². The van der Waals surface area contributed by atoms with E-state index in [-0.39, 0.29) is 5.97 Å². The van der Waals surface area contributed by atoms with E-state index in [0.29, 0.717) is 19.1 Å². The lowest BCUT2D eigenvalue weighted by molar-refractivity contribution is -0.151. The summed E-state index contributed by atoms with van der Waals surface area (Å²) in [6, 6.07) is 7.98. The average Bonchev–Trinajstić information content (AvgIpc) is 3.25. The maximum Gasteiger partial charge on any atom is 0.340 e. The maximum atomic E-state index is 12.0. The van der Waals surface area contributed by atoms with E-state index in [0.717, 1.165) is 37.1 Å². The number of hydrogen-bond acceptors (Lipinski definition) is 3. The predicted octanol–water partition coefficient (Wildman–Crippen LogP) is 4.41. The molecule has 1 saturated heterocycles. The van der Waals surface area contributed by atoms with Crippen molar-refractivity contribution >= 4 is 17.6 Å². The van der Waals surface area contributed by atoms with Crippen molar-refractivity contribution in [3.63, 3.8) is 0 Å². The molecule has 1 fully saturated rings. The van der Waals surface area contributed by atoms with E-state index in [1.165, 1.54) is 5.56 Å². The molecular formula is C18H25ClO3. The van der Waals surface area contributed by atoms with Crippen LogP contribution in [0.1, 0.15) is 45.1 Å². The molecule has 0 amide bonds. The van der Waals surface area contributed by atoms with Gasteiger partial charge in [0.25, 0.3) is 0 Å². The molecule has 0 aromatic heterocycles. The first kappa shape index (κ1) is 17.3. The molecule has 0 bridgehead atoms. The highest BCUT2D eigenvalue weighted by atomic mass is 35.5. The van der Waals surface area contributed by atoms with E-state index in [1.807, 2.05) is 32.0 Å². The molecule has 1 aromatic carbocycles. The molecule has 0 N–H and O–H groups in total. The predicted molar refractivity (Wildman–Crippen MR) is 88.1 cm³/mol. The number of carbonyl (C=O) groups is 1. The zero-order valence-electron chi connectivity index (χ0n) is 13.4. The number of epoxide rings is 1. The van der Waals surface area contributed by atoms with Gasteiger partial charge in [-0.3, -0.25) is 0 Å². The minimum absolute atomic E-state index is 0.184. The molecule has 2 rings (SSSR count). The zero-order valence-corrected chi connectivity index (χ0v) is 14.2. The van der Waals surface area contributed by atoms with Gasteiger partial charge in [-0.2, -0.15) is 0 Å². The number of hydrogen-bond donors (Lipinski definition) is 0. The lowest BCUT2D eigenvalue weighted by Gasteiger charge is -2.13. The van der Waals surface area contributed by atoms with Gasteiger partial charge < -0.3 is 9.47 Å². The minimum Gasteiger partial charge on any atom is -0.463 e. The first-order valence-electron chi connectivity index (χ1n) is 8.07. The lowest BCUT2D eigenvalue weighted by atomic mass is 10.00. The van der Waals surface area contributed by atoms with Gasteiger partial charge in [-0.25, -0.2) is 4.79 Å². The highest BCUT2D eigenvalue weighted by Gasteiger charge is 2.53. The smallest absolute Gasteiger partial charge is 0.340 e. The quantitative estimate of drug-likeness (QED) is 0.383. The van der Waals surface area contributed by atoms with E-state index >= 15 is 0 Å². The van der Waals surface area contributed by atoms with Crippen molar-refractivity contribution in [2.75, 3.05) is 13.2 Å². The van der Waals surface area contributed by atoms with Gasteiger partial charge in [0.1, 0.15) is 0 Å². The molecule has 3 nitrogen and oxygen atoms in total. The molecule has 0 radical (unpaired) electrons. The SMILES string of the molecule is CC(C)COC(=O)C1(CCCCCc2cccc(Cl)c2)CO1. The molecule has 1 heterocycles. The Balaban J connectivity index is 1.63. The second kappa shape index (κ2) is 7.98. The summed E-state index contributed by atoms with van der Waals surface area (Å²) in [5.74, 6) is 0.175. The molecule has 1 unspecified atom stereocenters. The molecule has 0 aliphatic carbocycles. The summed E-state index contributed by atoms with van der Waals surface area (Å²) in [7, 11) is 0. The van der Waals surface area contributed by atoms with Crippen LogP contribution in [0.2, 0.25) is 5.02 Å². The van der Waals surface area contributed by atoms with Crippen LogP contribution in [0.3, 0.4) is 0 Å². The molecule has 4 heteroatoms. The minimum atomic E-state index is -0.634. The summed E-state index contributed by atoms with van der Waals surface area (Å²) in [4.78, 5) is 12.0. The molecular weight excluding hydrogens is 300 g/mol. The van der Waals surface area contributed by atoms with Crippen molar-refractivity contribution in [2.24, 2.45) is 5.92 Å². The number of rotatable bonds is 9. The van der Waals surface area contributed by atoms with Gasteiger partial charge in [0.2, 0.25) is 0 Å². The first-order valence-corrected chi connectivity index (χ1v) is 8.45. The average molecular weight is 325 g/mol. The third-order valence-corrected chi connectivity index (χ3v) is 4.08. The van der Waals surface area contributed by atoms with Gasteiger partial charge in [0.15, 0.2) is 5.60 Å². The molecule has 0 spiro atoms. The van der Waals surface area contributed by atoms with Crippen molar-refractivity contribution in [1.29, 1.82) is 0 Å². The third kappa shape index (κ3) is 5.29. The number of esters is 1. The lowest BCUT2D eigenvalue weighted by Crippen LogP contribution is -2.28. The van der Waals surface area contributed by atoms with E-state index in [4.69, 9.17) is 21.1 Å². The van der Waals surface area contributed by atoms with Crippen molar-refractivity contribution in [2.45, 2.75) is 51.6 Å². The Morgan fingerprint density at radius 3 is 2.77 bits per heavy atom. The molecule has 1 atom stereocenters. The van der Waals surface area contributed by atoms with Gasteiger partial charge in [0, 0.05) is 5.02 Å². The van der Waals surface area contributed by atoms with Crippen LogP contribution in [-0.4, -0.2) is 24.8 Å². The zero-order chi connectivity index (χ0) is 16.0. The van der Waals surface area contributed by atoms with E-state index in [2.05, 4.69) is 6.07 Å². The standard InChI is InChI=1S/C18H25ClO3/c1-14(2)12-21-17(20)18(13-22-18)10-5-3-4-7-15-8-6-9-16(19)11-15/h6,8-9,11,14H,3-5,7,10,12-13H2,1-2H3. The van der Waals surface area contributed by atoms with Crippen LogP contribution in [-0.2, 0) is 20.7 Å². The molecule has 1 aliphatic rings. The Morgan fingerprint density at radius 2 is 2.14 bits per heavy atom. The number of halogens is 1. The van der Waals surface area contributed by atoms with Gasteiger partial charge in [-0.15, -0.1) is 0 Å². The molecule has 1 aromatic rings. The number of benzene rings is 1. The molecule has 22 heavy (non-hydrogen) atoms. The largest absolute Gasteiger partial charge is 0.463 e. The highest BCUT2D eigenvalue weighted by Crippen LogP contribution is 2.34. The van der Waals surface area contributed by atoms with Gasteiger partial charge in [-0.1, -0.05) is 44.0 Å². The summed E-state index contributed by atoms with van der Waals surface area (Å²) in [6.07, 6.45) is 4.94. The van der Waals surface area contributed by atoms with Crippen LogP contribution >= 0.6 is 11.6 Å². The topological polar surface area (TPSA) is 38.8 Å². The third-order valence-electron chi connectivity index (χ3n) is 3.85. The van der Waals surface area contributed by atoms with Gasteiger partial charge in [0.05, 0.1) is 13.2 Å². The highest BCUT2D eigenvalue weighted by molar-refractivity contribution is 6.30. The van der Waals surface area contributed by atoms with Crippen LogP contribution in [0.25, 0.3) is 0 Å². The Morgan fingerprint density at radius 1 is 1.36 bits per heavy atom. The fraction of sp³-hybridized carbons (Fsp3) is 0.611. The Kier molecular flexibility index (Phi) is 6.27. The van der Waals surface area contributed by atoms with Crippen LogP contribution in [0, 0.1) is 5.92 Å². The summed E-state index contributed by atoms with van der Waals surface area (Å²) in [6.45, 7) is 5.05. The van der Waals surface area contributed by atoms with Crippen molar-refractivity contribution in [1.82, 2.24) is 0 Å². The van der Waals surface area contributed by atoms with Crippen LogP contribution in [0.4, 0.5) is 0 Å². The Labute approximate surface area is 137 Å². The van der Waals surface area contributed by atoms with Crippen molar-refractivity contribution < 1.29 is 14.3 Å². The number of ether oxygens (including phenoxy) is 2. The fourth-order valence-corrected chi connectivity index (χ4v) is 2.65. The van der Waals surface area contributed by atoms with Gasteiger partial charge in [-0.05, 0) is 49.3 Å². The summed E-state index contributed by atoms with van der Waals surface area (Å²) >= 11 is 5.97. The molecule has 1 aliphatic heterocycles.